The summed E-state index contributed by atoms with van der Waals surface area (Å²) in [5, 5.41) is 20.0. The Morgan fingerprint density at radius 1 is 0.376 bits per heavy atom. The van der Waals surface area contributed by atoms with E-state index in [1.54, 1.807) is 52.3 Å². The fourth-order valence-corrected chi connectivity index (χ4v) is 25.1. The van der Waals surface area contributed by atoms with Crippen LogP contribution < -0.4 is 0 Å². The molecule has 0 radical (unpaired) electrons. The third-order valence-corrected chi connectivity index (χ3v) is 31.2. The van der Waals surface area contributed by atoms with Crippen LogP contribution in [-0.2, 0) is 109 Å². The van der Waals surface area contributed by atoms with Crippen LogP contribution in [0, 0.1) is 30.4 Å². The molecule has 640 valence electrons. The molecular weight excluding hydrogens is 1580 g/mol. The Bertz CT molecular complexity index is 6400. The number of para-hydroxylation sites is 2. The van der Waals surface area contributed by atoms with Gasteiger partial charge in [0, 0.05) is 176 Å². The number of hydrogen-bond donors (Lipinski definition) is 1. The molecule has 11 heterocycles. The van der Waals surface area contributed by atoms with E-state index in [0.717, 1.165) is 124 Å². The summed E-state index contributed by atoms with van der Waals surface area (Å²) in [5.41, 5.74) is 29.0. The van der Waals surface area contributed by atoms with E-state index in [2.05, 4.69) is 196 Å². The number of fused-ring (bicyclic) bond motifs is 25. The van der Waals surface area contributed by atoms with Gasteiger partial charge in [-0.1, -0.05) is 186 Å². The van der Waals surface area contributed by atoms with Crippen molar-refractivity contribution >= 4 is 77.7 Å². The van der Waals surface area contributed by atoms with Crippen molar-refractivity contribution < 1.29 is 13.9 Å². The number of aromatic nitrogens is 5. The quantitative estimate of drug-likeness (QED) is 0.111. The van der Waals surface area contributed by atoms with Gasteiger partial charge < -0.3 is 27.9 Å². The van der Waals surface area contributed by atoms with Crippen molar-refractivity contribution in [2.75, 3.05) is 26.2 Å². The van der Waals surface area contributed by atoms with Crippen molar-refractivity contribution in [2.24, 2.45) is 11.8 Å². The lowest BCUT2D eigenvalue weighted by atomic mass is 9.86. The number of hydrogen-bond acceptors (Lipinski definition) is 4. The Labute approximate surface area is 746 Å². The molecule has 3 saturated heterocycles. The van der Waals surface area contributed by atoms with Crippen molar-refractivity contribution in [3.05, 3.63) is 354 Å². The highest BCUT2D eigenvalue weighted by molar-refractivity contribution is 6.31. The van der Waals surface area contributed by atoms with Crippen LogP contribution in [-0.4, -0.2) is 80.9 Å². The molecular formula is C112H118Cl2F2N8O. The van der Waals surface area contributed by atoms with Crippen molar-refractivity contribution in [2.45, 2.75) is 230 Å². The van der Waals surface area contributed by atoms with Crippen LogP contribution in [0.4, 0.5) is 8.78 Å². The Kier molecular flexibility index (Phi) is 23.3. The number of aryl methyl sites for hydroxylation is 9. The van der Waals surface area contributed by atoms with E-state index in [0.29, 0.717) is 24.5 Å². The molecule has 6 aliphatic heterocycles. The van der Waals surface area contributed by atoms with E-state index < -0.39 is 5.60 Å². The van der Waals surface area contributed by atoms with Gasteiger partial charge in [-0.05, 0) is 313 Å². The smallest absolute Gasteiger partial charge is 0.123 e. The van der Waals surface area contributed by atoms with Crippen molar-refractivity contribution in [1.29, 1.82) is 0 Å². The van der Waals surface area contributed by atoms with Gasteiger partial charge in [-0.2, -0.15) is 0 Å². The van der Waals surface area contributed by atoms with Gasteiger partial charge in [0.1, 0.15) is 17.2 Å². The third kappa shape index (κ3) is 16.5. The van der Waals surface area contributed by atoms with Gasteiger partial charge in [-0.3, -0.25) is 14.7 Å². The van der Waals surface area contributed by atoms with Gasteiger partial charge in [0.05, 0.1) is 6.54 Å². The fourth-order valence-electron chi connectivity index (χ4n) is 24.8. The Morgan fingerprint density at radius 2 is 0.800 bits per heavy atom. The molecule has 13 heteroatoms. The number of nitrogens with zero attached hydrogens (tertiary/aromatic N) is 8. The number of rotatable bonds is 15. The second-order valence-electron chi connectivity index (χ2n) is 38.4. The summed E-state index contributed by atoms with van der Waals surface area (Å²) in [6.07, 6.45) is 26.2. The van der Waals surface area contributed by atoms with Crippen LogP contribution in [0.2, 0.25) is 10.0 Å². The predicted molar refractivity (Wildman–Crippen MR) is 510 cm³/mol. The van der Waals surface area contributed by atoms with E-state index in [1.165, 1.54) is 226 Å². The summed E-state index contributed by atoms with van der Waals surface area (Å²) in [4.78, 5) is 7.97. The van der Waals surface area contributed by atoms with Crippen LogP contribution in [0.1, 0.15) is 192 Å². The molecule has 10 aromatic carbocycles. The average molecular weight is 1700 g/mol. The highest BCUT2D eigenvalue weighted by Gasteiger charge is 2.42. The number of aliphatic hydroxyl groups is 1. The molecule has 9 nitrogen and oxygen atoms in total. The van der Waals surface area contributed by atoms with Crippen molar-refractivity contribution in [1.82, 2.24) is 37.5 Å². The highest BCUT2D eigenvalue weighted by atomic mass is 35.5. The minimum Gasteiger partial charge on any atom is -0.384 e. The Hall–Kier alpha value is -9.82. The standard InChI is InChI=1S/C24H27NO.2C22H22ClFN2.C22H24N2.C22H23N/c1-16-8-11-22-20(12-16)21-14-17-9-10-18(13-17)23(21)25(22)15-24(2,26)19-6-4-3-5-7-19;23-16-5-8-19-18(14-16)22-20-2-1-11-25(20)12-10-21(22)26(19)13-9-15-3-6-17(24)7-4-15;23-16-5-8-21-19(12-16)20-14-25-10-1-2-18(25)13-22(20)26(21)11-9-15-3-6-17(24)7-4-15;1-2-7-17(8-3-1)12-14-24-21-11-5-4-10-19(21)20-16-23-13-6-9-18(23)15-22(20)24;1-2-6-16(7-3-1)12-13-23-21-9-5-4-8-19(21)20-15-17-10-11-18(14-17)22(20)23/h3-8,11-12,17-18,26H,9-10,13-15H2,1-2H3;3-8,14,20H,1-2,9-13H2;3-8,12,18H,1-2,9-11,13-14H2;1-5,7-8,10-11,18H,6,9,12-16H2;1-9,17-18H,10-15H2. The molecule has 5 aromatic heterocycles. The Balaban J connectivity index is 0.0000000956. The van der Waals surface area contributed by atoms with Gasteiger partial charge in [0.2, 0.25) is 0 Å². The number of benzene rings is 10. The largest absolute Gasteiger partial charge is 0.384 e. The fraction of sp³-hybridized carbons (Fsp3) is 0.375. The maximum atomic E-state index is 13.2. The van der Waals surface area contributed by atoms with Gasteiger partial charge in [-0.25, -0.2) is 8.78 Å². The first kappa shape index (κ1) is 82.2. The summed E-state index contributed by atoms with van der Waals surface area (Å²) in [6.45, 7) is 15.9. The van der Waals surface area contributed by atoms with Gasteiger partial charge in [0.25, 0.3) is 0 Å². The van der Waals surface area contributed by atoms with Gasteiger partial charge >= 0.3 is 0 Å². The van der Waals surface area contributed by atoms with E-state index in [4.69, 9.17) is 23.2 Å². The second-order valence-corrected chi connectivity index (χ2v) is 39.3. The van der Waals surface area contributed by atoms with E-state index >= 15 is 0 Å². The summed E-state index contributed by atoms with van der Waals surface area (Å²) < 4.78 is 39.0. The van der Waals surface area contributed by atoms with E-state index in [1.807, 2.05) is 73.7 Å². The lowest BCUT2D eigenvalue weighted by Crippen LogP contribution is -2.35. The van der Waals surface area contributed by atoms with Crippen LogP contribution >= 0.6 is 23.2 Å². The lowest BCUT2D eigenvalue weighted by molar-refractivity contribution is 0.0384. The van der Waals surface area contributed by atoms with E-state index in [-0.39, 0.29) is 11.6 Å². The monoisotopic (exact) mass is 1700 g/mol. The lowest BCUT2D eigenvalue weighted by Gasteiger charge is -2.31. The summed E-state index contributed by atoms with van der Waals surface area (Å²) >= 11 is 12.7. The molecule has 25 rings (SSSR count). The summed E-state index contributed by atoms with van der Waals surface area (Å²) in [7, 11) is 0. The molecule has 5 fully saturated rings. The zero-order chi connectivity index (χ0) is 84.4. The maximum Gasteiger partial charge on any atom is 0.123 e. The number of halogens is 4. The molecule has 4 aliphatic carbocycles. The summed E-state index contributed by atoms with van der Waals surface area (Å²) in [6, 6.07) is 85.2. The topological polar surface area (TPSA) is 54.6 Å². The SMILES string of the molecule is Cc1ccc2c(c1)c1c(n2CC(C)(O)c2ccccc2)C2CCC(C1)C2.Fc1ccc(CCn2c3c(c4cc(Cl)ccc42)C2CCCN2CC3)cc1.Fc1ccc(CCn2c3c(c4cc(Cl)ccc42)CN2CCCC2C3)cc1.c1ccc(CCn2c3c(c4ccccc42)CC2CCC3C2)cc1.c1ccc(CCn2c3c(c4ccccc42)CN2CCCC2C3)cc1. The van der Waals surface area contributed by atoms with Crippen molar-refractivity contribution in [3.63, 3.8) is 0 Å². The summed E-state index contributed by atoms with van der Waals surface area (Å²) in [5.74, 6) is 2.94. The van der Waals surface area contributed by atoms with Crippen LogP contribution in [0.15, 0.2) is 243 Å². The molecule has 0 amide bonds. The molecule has 8 unspecified atom stereocenters. The molecule has 2 saturated carbocycles. The molecule has 15 aromatic rings. The molecule has 8 atom stereocenters. The third-order valence-electron chi connectivity index (χ3n) is 30.7. The Morgan fingerprint density at radius 3 is 1.38 bits per heavy atom. The molecule has 10 aliphatic rings. The molecule has 1 N–H and O–H groups in total. The normalized spacial score (nSPS) is 21.2. The molecule has 0 spiro atoms. The minimum atomic E-state index is -0.874. The highest BCUT2D eigenvalue weighted by Crippen LogP contribution is 2.53. The van der Waals surface area contributed by atoms with Crippen LogP contribution in [0.3, 0.4) is 0 Å². The first-order chi connectivity index (χ1) is 61.2. The van der Waals surface area contributed by atoms with Crippen LogP contribution in [0.5, 0.6) is 0 Å². The van der Waals surface area contributed by atoms with E-state index in [9.17, 15) is 13.9 Å². The van der Waals surface area contributed by atoms with Crippen molar-refractivity contribution in [3.8, 4) is 0 Å². The first-order valence-electron chi connectivity index (χ1n) is 47.2. The zero-order valence-electron chi connectivity index (χ0n) is 72.8. The van der Waals surface area contributed by atoms with Crippen LogP contribution in [0.25, 0.3) is 54.5 Å². The maximum absolute atomic E-state index is 13.2. The first-order valence-corrected chi connectivity index (χ1v) is 48.0. The zero-order valence-corrected chi connectivity index (χ0v) is 74.3. The predicted octanol–water partition coefficient (Wildman–Crippen LogP) is 25.6. The van der Waals surface area contributed by atoms with Gasteiger partial charge in [0.15, 0.2) is 0 Å². The van der Waals surface area contributed by atoms with Gasteiger partial charge in [-0.15, -0.1) is 0 Å². The molecule has 125 heavy (non-hydrogen) atoms. The average Bonchev–Trinajstić information content (AvgIpc) is 1.61. The molecule has 4 bridgehead atoms. The second kappa shape index (κ2) is 35.4. The minimum absolute atomic E-state index is 0.173.